The van der Waals surface area contributed by atoms with Crippen molar-refractivity contribution < 1.29 is 24.5 Å². The van der Waals surface area contributed by atoms with Crippen molar-refractivity contribution >= 4 is 11.9 Å². The maximum Gasteiger partial charge on any atom is 0.305 e. The van der Waals surface area contributed by atoms with E-state index < -0.39 is 12.1 Å². The number of nitrogens with one attached hydrogen (secondary N) is 1. The maximum absolute atomic E-state index is 12.4. The van der Waals surface area contributed by atoms with Crippen LogP contribution in [-0.2, 0) is 14.3 Å². The fourth-order valence-corrected chi connectivity index (χ4v) is 7.83. The summed E-state index contributed by atoms with van der Waals surface area (Å²) >= 11 is 0. The minimum atomic E-state index is -0.859. The van der Waals surface area contributed by atoms with Crippen molar-refractivity contribution in [3.8, 4) is 0 Å². The maximum atomic E-state index is 12.4. The van der Waals surface area contributed by atoms with E-state index in [0.29, 0.717) is 19.4 Å². The standard InChI is InChI=1S/C57H103NO5/c1-3-5-7-9-11-13-15-17-18-19-20-23-27-31-35-39-43-47-51-57(62)63-52-48-44-40-36-32-28-24-21-22-26-30-34-38-42-46-50-56(61)58-54(53-59)55(60)49-45-41-37-33-29-25-16-14-12-10-8-6-4-2/h13,15,18-19,21,24,28,32,45,49,54-55,59-60H,3-12,14,16-17,20,22-23,25-27,29-31,33-44,46-48,50-53H2,1-2H3,(H,58,61)/b15-13-,19-18-,24-21-,32-28-,49-45+. The number of aliphatic hydroxyl groups is 2. The topological polar surface area (TPSA) is 95.9 Å². The Hall–Kier alpha value is -2.44. The van der Waals surface area contributed by atoms with E-state index in [1.165, 1.54) is 154 Å². The summed E-state index contributed by atoms with van der Waals surface area (Å²) in [6, 6.07) is -0.645. The summed E-state index contributed by atoms with van der Waals surface area (Å²) in [6.07, 6.45) is 66.5. The van der Waals surface area contributed by atoms with Crippen LogP contribution in [0.3, 0.4) is 0 Å². The average molecular weight is 882 g/mol. The Morgan fingerprint density at radius 3 is 1.32 bits per heavy atom. The van der Waals surface area contributed by atoms with Gasteiger partial charge in [-0.3, -0.25) is 9.59 Å². The summed E-state index contributed by atoms with van der Waals surface area (Å²) in [5.41, 5.74) is 0. The summed E-state index contributed by atoms with van der Waals surface area (Å²) < 4.78 is 5.45. The van der Waals surface area contributed by atoms with Crippen LogP contribution in [0.15, 0.2) is 60.8 Å². The number of aliphatic hydroxyl groups excluding tert-OH is 2. The molecule has 0 aliphatic rings. The van der Waals surface area contributed by atoms with Crippen LogP contribution in [0, 0.1) is 0 Å². The Labute approximate surface area is 390 Å². The highest BCUT2D eigenvalue weighted by Gasteiger charge is 2.18. The monoisotopic (exact) mass is 882 g/mol. The normalized spacial score (nSPS) is 13.1. The van der Waals surface area contributed by atoms with Crippen LogP contribution in [0.4, 0.5) is 0 Å². The first kappa shape index (κ1) is 60.6. The number of hydrogen-bond donors (Lipinski definition) is 3. The predicted molar refractivity (Wildman–Crippen MR) is 273 cm³/mol. The molecule has 0 rings (SSSR count). The summed E-state index contributed by atoms with van der Waals surface area (Å²) in [5, 5.41) is 23.0. The quantitative estimate of drug-likeness (QED) is 0.0245. The van der Waals surface area contributed by atoms with Crippen LogP contribution in [0.25, 0.3) is 0 Å². The lowest BCUT2D eigenvalue weighted by Crippen LogP contribution is -2.45. The van der Waals surface area contributed by atoms with Crippen LogP contribution < -0.4 is 5.32 Å². The Morgan fingerprint density at radius 1 is 0.460 bits per heavy atom. The lowest BCUT2D eigenvalue weighted by Gasteiger charge is -2.20. The number of carbonyl (C=O) groups is 2. The SMILES string of the molecule is CCCCCC/C=C\C/C=C\CCCCCCCCCC(=O)OCCCCC/C=C\C=C/CCCCCCCCC(=O)NC(CO)C(O)/C=C/CCCCCCCCCCCCC. The number of ether oxygens (including phenoxy) is 1. The molecule has 63 heavy (non-hydrogen) atoms. The van der Waals surface area contributed by atoms with Crippen molar-refractivity contribution in [2.45, 2.75) is 276 Å². The van der Waals surface area contributed by atoms with Crippen molar-refractivity contribution in [3.63, 3.8) is 0 Å². The van der Waals surface area contributed by atoms with E-state index in [-0.39, 0.29) is 18.5 Å². The Morgan fingerprint density at radius 2 is 0.841 bits per heavy atom. The van der Waals surface area contributed by atoms with Gasteiger partial charge in [-0.15, -0.1) is 0 Å². The summed E-state index contributed by atoms with van der Waals surface area (Å²) in [4.78, 5) is 24.5. The number of allylic oxidation sites excluding steroid dienone is 9. The van der Waals surface area contributed by atoms with Gasteiger partial charge in [0.1, 0.15) is 0 Å². The smallest absolute Gasteiger partial charge is 0.305 e. The van der Waals surface area contributed by atoms with Crippen molar-refractivity contribution in [1.29, 1.82) is 0 Å². The molecule has 0 bridgehead atoms. The molecule has 0 fully saturated rings. The van der Waals surface area contributed by atoms with Crippen molar-refractivity contribution in [2.75, 3.05) is 13.2 Å². The molecule has 0 saturated heterocycles. The number of carbonyl (C=O) groups excluding carboxylic acids is 2. The minimum absolute atomic E-state index is 0.0313. The van der Waals surface area contributed by atoms with E-state index in [9.17, 15) is 19.8 Å². The fourth-order valence-electron chi connectivity index (χ4n) is 7.83. The van der Waals surface area contributed by atoms with Gasteiger partial charge in [0, 0.05) is 12.8 Å². The molecule has 3 N–H and O–H groups in total. The van der Waals surface area contributed by atoms with Gasteiger partial charge in [-0.25, -0.2) is 0 Å². The summed E-state index contributed by atoms with van der Waals surface area (Å²) in [6.45, 7) is 4.81. The van der Waals surface area contributed by atoms with E-state index in [1.54, 1.807) is 6.08 Å². The Kier molecular flexibility index (Phi) is 50.2. The molecule has 0 heterocycles. The molecule has 6 nitrogen and oxygen atoms in total. The van der Waals surface area contributed by atoms with Crippen LogP contribution in [0.5, 0.6) is 0 Å². The zero-order chi connectivity index (χ0) is 45.8. The molecule has 0 aromatic carbocycles. The zero-order valence-corrected chi connectivity index (χ0v) is 41.5. The number of unbranched alkanes of at least 4 members (excludes halogenated alkanes) is 31. The molecule has 2 atom stereocenters. The second-order valence-corrected chi connectivity index (χ2v) is 18.2. The van der Waals surface area contributed by atoms with Gasteiger partial charge in [-0.05, 0) is 96.3 Å². The minimum Gasteiger partial charge on any atom is -0.466 e. The number of amides is 1. The molecule has 366 valence electrons. The second kappa shape index (κ2) is 52.2. The van der Waals surface area contributed by atoms with Gasteiger partial charge in [0.25, 0.3) is 0 Å². The highest BCUT2D eigenvalue weighted by molar-refractivity contribution is 5.76. The molecule has 0 radical (unpaired) electrons. The van der Waals surface area contributed by atoms with E-state index >= 15 is 0 Å². The van der Waals surface area contributed by atoms with Crippen LogP contribution in [-0.4, -0.2) is 47.4 Å². The van der Waals surface area contributed by atoms with E-state index in [0.717, 1.165) is 83.5 Å². The average Bonchev–Trinajstić information content (AvgIpc) is 3.28. The molecule has 0 spiro atoms. The molecule has 6 heteroatoms. The van der Waals surface area contributed by atoms with Crippen LogP contribution in [0.1, 0.15) is 264 Å². The second-order valence-electron chi connectivity index (χ2n) is 18.2. The van der Waals surface area contributed by atoms with Crippen LogP contribution >= 0.6 is 0 Å². The van der Waals surface area contributed by atoms with Gasteiger partial charge in [0.15, 0.2) is 0 Å². The molecule has 2 unspecified atom stereocenters. The van der Waals surface area contributed by atoms with Gasteiger partial charge < -0.3 is 20.3 Å². The van der Waals surface area contributed by atoms with E-state index in [4.69, 9.17) is 4.74 Å². The number of hydrogen-bond acceptors (Lipinski definition) is 5. The van der Waals surface area contributed by atoms with E-state index in [2.05, 4.69) is 67.8 Å². The van der Waals surface area contributed by atoms with Crippen molar-refractivity contribution in [1.82, 2.24) is 5.32 Å². The first-order valence-electron chi connectivity index (χ1n) is 27.1. The van der Waals surface area contributed by atoms with Gasteiger partial charge in [-0.2, -0.15) is 0 Å². The first-order valence-corrected chi connectivity index (χ1v) is 27.1. The largest absolute Gasteiger partial charge is 0.466 e. The summed E-state index contributed by atoms with van der Waals surface area (Å²) in [5.74, 6) is -0.124. The lowest BCUT2D eigenvalue weighted by molar-refractivity contribution is -0.143. The van der Waals surface area contributed by atoms with Gasteiger partial charge in [0.05, 0.1) is 25.4 Å². The first-order chi connectivity index (χ1) is 31.0. The highest BCUT2D eigenvalue weighted by Crippen LogP contribution is 2.14. The van der Waals surface area contributed by atoms with Crippen molar-refractivity contribution in [2.24, 2.45) is 0 Å². The lowest BCUT2D eigenvalue weighted by atomic mass is 10.0. The Balaban J connectivity index is 3.55. The van der Waals surface area contributed by atoms with Gasteiger partial charge >= 0.3 is 5.97 Å². The molecule has 0 saturated carbocycles. The molecular formula is C57H103NO5. The molecule has 0 aliphatic heterocycles. The molecule has 0 aromatic heterocycles. The molecule has 0 aromatic rings. The molecular weight excluding hydrogens is 779 g/mol. The summed E-state index contributed by atoms with van der Waals surface area (Å²) in [7, 11) is 0. The van der Waals surface area contributed by atoms with Crippen LogP contribution in [0.2, 0.25) is 0 Å². The van der Waals surface area contributed by atoms with Gasteiger partial charge in [0.2, 0.25) is 5.91 Å². The third kappa shape index (κ3) is 48.8. The number of rotatable bonds is 49. The fraction of sp³-hybridized carbons (Fsp3) is 0.789. The van der Waals surface area contributed by atoms with Crippen molar-refractivity contribution in [3.05, 3.63) is 60.8 Å². The zero-order valence-electron chi connectivity index (χ0n) is 41.5. The van der Waals surface area contributed by atoms with Gasteiger partial charge in [-0.1, -0.05) is 216 Å². The third-order valence-electron chi connectivity index (χ3n) is 12.0. The Bertz CT molecular complexity index is 1110. The molecule has 0 aliphatic carbocycles. The predicted octanol–water partition coefficient (Wildman–Crippen LogP) is 16.4. The highest BCUT2D eigenvalue weighted by atomic mass is 16.5. The number of esters is 1. The third-order valence-corrected chi connectivity index (χ3v) is 12.0. The molecule has 1 amide bonds. The van der Waals surface area contributed by atoms with E-state index in [1.807, 2.05) is 6.08 Å².